The van der Waals surface area contributed by atoms with Gasteiger partial charge in [0.2, 0.25) is 5.78 Å². The Balaban J connectivity index is 1.56. The van der Waals surface area contributed by atoms with Gasteiger partial charge in [0.05, 0.1) is 5.56 Å². The quantitative estimate of drug-likeness (QED) is 0.454. The first kappa shape index (κ1) is 18.5. The molecule has 1 aliphatic rings. The Morgan fingerprint density at radius 1 is 1.04 bits per heavy atom. The van der Waals surface area contributed by atoms with Crippen LogP contribution in [-0.2, 0) is 6.61 Å². The number of ketones is 1. The molecule has 3 aromatic rings. The van der Waals surface area contributed by atoms with Gasteiger partial charge in [-0.1, -0.05) is 57.9 Å². The number of aryl methyl sites for hydroxylation is 2. The van der Waals surface area contributed by atoms with E-state index in [4.69, 9.17) is 9.47 Å². The molecule has 4 heteroatoms. The van der Waals surface area contributed by atoms with E-state index in [0.29, 0.717) is 29.4 Å². The first-order valence-electron chi connectivity index (χ1n) is 9.02. The number of Topliss-reactive ketones (excluding diaryl/α,β-unsaturated/α-hetero) is 1. The lowest BCUT2D eigenvalue weighted by molar-refractivity contribution is 0.101. The standard InChI is InChI=1S/C24H19BrO3/c1-15-4-3-5-18(10-15)12-22-24(26)23-16(2)11-20(13-21(23)28-22)27-14-17-6-8-19(25)9-7-17/h3-13H,14H2,1-2H3/b22-12-. The van der Waals surface area contributed by atoms with Crippen LogP contribution in [0, 0.1) is 13.8 Å². The molecule has 0 saturated heterocycles. The first-order chi connectivity index (χ1) is 13.5. The van der Waals surface area contributed by atoms with Crippen LogP contribution in [0.2, 0.25) is 0 Å². The summed E-state index contributed by atoms with van der Waals surface area (Å²) < 4.78 is 12.8. The maximum absolute atomic E-state index is 12.8. The molecule has 0 atom stereocenters. The van der Waals surface area contributed by atoms with Gasteiger partial charge in [0, 0.05) is 10.5 Å². The molecule has 0 bridgehead atoms. The number of carbonyl (C=O) groups is 1. The molecule has 0 aliphatic carbocycles. The van der Waals surface area contributed by atoms with Crippen molar-refractivity contribution in [2.75, 3.05) is 0 Å². The summed E-state index contributed by atoms with van der Waals surface area (Å²) >= 11 is 3.43. The normalized spacial score (nSPS) is 14.1. The average molecular weight is 435 g/mol. The van der Waals surface area contributed by atoms with Gasteiger partial charge in [0.15, 0.2) is 5.76 Å². The smallest absolute Gasteiger partial charge is 0.232 e. The van der Waals surface area contributed by atoms with Crippen LogP contribution in [0.15, 0.2) is 70.9 Å². The second-order valence-corrected chi connectivity index (χ2v) is 7.80. The highest BCUT2D eigenvalue weighted by Gasteiger charge is 2.30. The fraction of sp³-hybridized carbons (Fsp3) is 0.125. The number of hydrogen-bond acceptors (Lipinski definition) is 3. The van der Waals surface area contributed by atoms with Crippen LogP contribution in [0.3, 0.4) is 0 Å². The number of carbonyl (C=O) groups excluding carboxylic acids is 1. The lowest BCUT2D eigenvalue weighted by Crippen LogP contribution is -2.00. The molecule has 140 valence electrons. The van der Waals surface area contributed by atoms with Crippen molar-refractivity contribution in [3.63, 3.8) is 0 Å². The van der Waals surface area contributed by atoms with Gasteiger partial charge in [-0.2, -0.15) is 0 Å². The highest BCUT2D eigenvalue weighted by Crippen LogP contribution is 2.37. The van der Waals surface area contributed by atoms with E-state index in [1.165, 1.54) is 0 Å². The number of benzene rings is 3. The van der Waals surface area contributed by atoms with Crippen LogP contribution < -0.4 is 9.47 Å². The van der Waals surface area contributed by atoms with Crippen molar-refractivity contribution < 1.29 is 14.3 Å². The molecule has 0 fully saturated rings. The van der Waals surface area contributed by atoms with Crippen LogP contribution >= 0.6 is 15.9 Å². The summed E-state index contributed by atoms with van der Waals surface area (Å²) in [6.45, 7) is 4.38. The summed E-state index contributed by atoms with van der Waals surface area (Å²) in [5.74, 6) is 1.49. The minimum absolute atomic E-state index is 0.0894. The van der Waals surface area contributed by atoms with Crippen molar-refractivity contribution >= 4 is 27.8 Å². The van der Waals surface area contributed by atoms with Gasteiger partial charge in [-0.3, -0.25) is 4.79 Å². The van der Waals surface area contributed by atoms with E-state index in [0.717, 1.165) is 26.7 Å². The summed E-state index contributed by atoms with van der Waals surface area (Å²) in [7, 11) is 0. The number of halogens is 1. The molecule has 4 rings (SSSR count). The molecule has 28 heavy (non-hydrogen) atoms. The van der Waals surface area contributed by atoms with Crippen LogP contribution in [0.4, 0.5) is 0 Å². The summed E-state index contributed by atoms with van der Waals surface area (Å²) in [5.41, 5.74) is 4.60. The molecule has 0 unspecified atom stereocenters. The Kier molecular flexibility index (Phi) is 5.05. The van der Waals surface area contributed by atoms with Gasteiger partial charge in [0.25, 0.3) is 0 Å². The van der Waals surface area contributed by atoms with Gasteiger partial charge in [0.1, 0.15) is 18.1 Å². The Hall–Kier alpha value is -2.85. The van der Waals surface area contributed by atoms with Crippen LogP contribution in [0.5, 0.6) is 11.5 Å². The molecule has 0 amide bonds. The van der Waals surface area contributed by atoms with Crippen molar-refractivity contribution in [1.82, 2.24) is 0 Å². The molecular weight excluding hydrogens is 416 g/mol. The molecule has 3 aromatic carbocycles. The summed E-state index contributed by atoms with van der Waals surface area (Å²) in [6.07, 6.45) is 1.79. The predicted molar refractivity (Wildman–Crippen MR) is 114 cm³/mol. The average Bonchev–Trinajstić information content (AvgIpc) is 2.97. The predicted octanol–water partition coefficient (Wildman–Crippen LogP) is 6.26. The Bertz CT molecular complexity index is 1080. The zero-order valence-electron chi connectivity index (χ0n) is 15.7. The van der Waals surface area contributed by atoms with Crippen LogP contribution in [-0.4, -0.2) is 5.78 Å². The topological polar surface area (TPSA) is 35.5 Å². The maximum atomic E-state index is 12.8. The molecule has 0 aromatic heterocycles. The lowest BCUT2D eigenvalue weighted by atomic mass is 10.0. The number of allylic oxidation sites excluding steroid dienone is 1. The van der Waals surface area contributed by atoms with Gasteiger partial charge >= 0.3 is 0 Å². The fourth-order valence-corrected chi connectivity index (χ4v) is 3.48. The van der Waals surface area contributed by atoms with E-state index in [9.17, 15) is 4.79 Å². The van der Waals surface area contributed by atoms with Crippen molar-refractivity contribution in [2.45, 2.75) is 20.5 Å². The monoisotopic (exact) mass is 434 g/mol. The minimum atomic E-state index is -0.0894. The third-order valence-corrected chi connectivity index (χ3v) is 5.13. The highest BCUT2D eigenvalue weighted by molar-refractivity contribution is 9.10. The Labute approximate surface area is 172 Å². The molecule has 0 saturated carbocycles. The van der Waals surface area contributed by atoms with E-state index in [-0.39, 0.29) is 5.78 Å². The molecule has 3 nitrogen and oxygen atoms in total. The van der Waals surface area contributed by atoms with Crippen LogP contribution in [0.1, 0.15) is 32.6 Å². The molecule has 1 aliphatic heterocycles. The zero-order valence-corrected chi connectivity index (χ0v) is 17.2. The highest BCUT2D eigenvalue weighted by atomic mass is 79.9. The summed E-state index contributed by atoms with van der Waals surface area (Å²) in [5, 5.41) is 0. The molecule has 0 N–H and O–H groups in total. The molecule has 0 radical (unpaired) electrons. The third kappa shape index (κ3) is 3.87. The minimum Gasteiger partial charge on any atom is -0.489 e. The van der Waals surface area contributed by atoms with E-state index < -0.39 is 0 Å². The molecular formula is C24H19BrO3. The number of ether oxygens (including phenoxy) is 2. The lowest BCUT2D eigenvalue weighted by Gasteiger charge is -2.09. The second kappa shape index (κ2) is 7.64. The van der Waals surface area contributed by atoms with Gasteiger partial charge in [-0.25, -0.2) is 0 Å². The van der Waals surface area contributed by atoms with Crippen molar-refractivity contribution in [3.8, 4) is 11.5 Å². The zero-order chi connectivity index (χ0) is 19.7. The largest absolute Gasteiger partial charge is 0.489 e. The molecule has 1 heterocycles. The van der Waals surface area contributed by atoms with Gasteiger partial charge in [-0.05, 0) is 54.8 Å². The van der Waals surface area contributed by atoms with E-state index in [2.05, 4.69) is 15.9 Å². The second-order valence-electron chi connectivity index (χ2n) is 6.88. The number of hydrogen-bond donors (Lipinski definition) is 0. The van der Waals surface area contributed by atoms with Crippen molar-refractivity contribution in [2.24, 2.45) is 0 Å². The van der Waals surface area contributed by atoms with Crippen molar-refractivity contribution in [1.29, 1.82) is 0 Å². The summed E-state index contributed by atoms with van der Waals surface area (Å²) in [6, 6.07) is 19.6. The Morgan fingerprint density at radius 2 is 1.82 bits per heavy atom. The van der Waals surface area contributed by atoms with Crippen molar-refractivity contribution in [3.05, 3.63) is 98.7 Å². The maximum Gasteiger partial charge on any atom is 0.232 e. The number of rotatable bonds is 4. The third-order valence-electron chi connectivity index (χ3n) is 4.60. The van der Waals surface area contributed by atoms with E-state index >= 15 is 0 Å². The first-order valence-corrected chi connectivity index (χ1v) is 9.82. The van der Waals surface area contributed by atoms with Gasteiger partial charge in [-0.15, -0.1) is 0 Å². The van der Waals surface area contributed by atoms with E-state index in [1.54, 1.807) is 12.1 Å². The fourth-order valence-electron chi connectivity index (χ4n) is 3.22. The number of fused-ring (bicyclic) bond motifs is 1. The van der Waals surface area contributed by atoms with Crippen LogP contribution in [0.25, 0.3) is 6.08 Å². The molecule has 0 spiro atoms. The Morgan fingerprint density at radius 3 is 2.57 bits per heavy atom. The summed E-state index contributed by atoms with van der Waals surface area (Å²) in [4.78, 5) is 12.8. The SMILES string of the molecule is Cc1cccc(/C=C2\Oc3cc(OCc4ccc(Br)cc4)cc(C)c3C2=O)c1. The van der Waals surface area contributed by atoms with Gasteiger partial charge < -0.3 is 9.47 Å². The van der Waals surface area contributed by atoms with E-state index in [1.807, 2.05) is 68.4 Å².